The van der Waals surface area contributed by atoms with Crippen LogP contribution >= 0.6 is 0 Å². The zero-order valence-electron chi connectivity index (χ0n) is 11.3. The van der Waals surface area contributed by atoms with Gasteiger partial charge in [-0.2, -0.15) is 0 Å². The summed E-state index contributed by atoms with van der Waals surface area (Å²) in [6.07, 6.45) is 0. The van der Waals surface area contributed by atoms with Crippen LogP contribution in [-0.4, -0.2) is 16.7 Å². The van der Waals surface area contributed by atoms with Crippen molar-refractivity contribution >= 4 is 11.6 Å². The zero-order valence-corrected chi connectivity index (χ0v) is 11.3. The van der Waals surface area contributed by atoms with Crippen molar-refractivity contribution in [2.45, 2.75) is 19.4 Å². The van der Waals surface area contributed by atoms with E-state index >= 15 is 0 Å². The van der Waals surface area contributed by atoms with Crippen molar-refractivity contribution in [3.63, 3.8) is 0 Å². The first-order chi connectivity index (χ1) is 9.39. The molecule has 100 valence electrons. The number of rotatable bonds is 1. The van der Waals surface area contributed by atoms with E-state index < -0.39 is 5.60 Å². The van der Waals surface area contributed by atoms with Crippen molar-refractivity contribution in [2.75, 3.05) is 0 Å². The average Bonchev–Trinajstić information content (AvgIpc) is 2.43. The molecular weight excluding hydrogens is 252 g/mol. The van der Waals surface area contributed by atoms with Crippen molar-refractivity contribution in [2.24, 2.45) is 0 Å². The summed E-state index contributed by atoms with van der Waals surface area (Å²) >= 11 is 0. The average molecular weight is 266 g/mol. The van der Waals surface area contributed by atoms with Crippen molar-refractivity contribution in [3.05, 3.63) is 70.3 Å². The summed E-state index contributed by atoms with van der Waals surface area (Å²) in [5, 5.41) is 10.0. The van der Waals surface area contributed by atoms with Crippen LogP contribution in [-0.2, 0) is 5.60 Å². The maximum atomic E-state index is 12.5. The lowest BCUT2D eigenvalue weighted by molar-refractivity contribution is 0.0783. The molecule has 3 nitrogen and oxygen atoms in total. The van der Waals surface area contributed by atoms with Gasteiger partial charge in [-0.25, -0.2) is 0 Å². The Balaban J connectivity index is 2.24. The second-order valence-electron chi connectivity index (χ2n) is 5.52. The molecule has 2 aromatic carbocycles. The molecule has 0 amide bonds. The Kier molecular flexibility index (Phi) is 2.63. The van der Waals surface area contributed by atoms with Crippen molar-refractivity contribution in [1.82, 2.24) is 0 Å². The second kappa shape index (κ2) is 4.12. The summed E-state index contributed by atoms with van der Waals surface area (Å²) in [7, 11) is 0. The highest BCUT2D eigenvalue weighted by atomic mass is 16.3. The number of carbonyl (C=O) groups is 2. The standard InChI is InChI=1S/C17H14O3/c1-17(2,20)10-7-8-13-14(9-10)16(19)12-6-4-3-5-11(12)15(13)18/h3-9,20H,1-2H3. The van der Waals surface area contributed by atoms with Gasteiger partial charge >= 0.3 is 0 Å². The van der Waals surface area contributed by atoms with Crippen LogP contribution < -0.4 is 0 Å². The molecule has 3 heteroatoms. The predicted octanol–water partition coefficient (Wildman–Crippen LogP) is 2.69. The van der Waals surface area contributed by atoms with Gasteiger partial charge in [0.15, 0.2) is 11.6 Å². The first-order valence-electron chi connectivity index (χ1n) is 6.45. The molecular formula is C17H14O3. The Labute approximate surface area is 116 Å². The van der Waals surface area contributed by atoms with Crippen molar-refractivity contribution < 1.29 is 14.7 Å². The number of carbonyl (C=O) groups excluding carboxylic acids is 2. The quantitative estimate of drug-likeness (QED) is 0.736. The molecule has 2 aromatic rings. The van der Waals surface area contributed by atoms with Gasteiger partial charge in [0.2, 0.25) is 0 Å². The van der Waals surface area contributed by atoms with Crippen LogP contribution in [0.1, 0.15) is 51.3 Å². The number of hydrogen-bond acceptors (Lipinski definition) is 3. The van der Waals surface area contributed by atoms with E-state index in [0.29, 0.717) is 27.8 Å². The van der Waals surface area contributed by atoms with Crippen molar-refractivity contribution in [1.29, 1.82) is 0 Å². The molecule has 3 rings (SSSR count). The highest BCUT2D eigenvalue weighted by Gasteiger charge is 2.30. The lowest BCUT2D eigenvalue weighted by Gasteiger charge is -2.22. The molecule has 0 heterocycles. The van der Waals surface area contributed by atoms with Crippen LogP contribution in [0.3, 0.4) is 0 Å². The first-order valence-corrected chi connectivity index (χ1v) is 6.45. The Morgan fingerprint density at radius 3 is 1.85 bits per heavy atom. The van der Waals surface area contributed by atoms with Crippen LogP contribution in [0.2, 0.25) is 0 Å². The molecule has 0 spiro atoms. The third kappa shape index (κ3) is 1.79. The summed E-state index contributed by atoms with van der Waals surface area (Å²) in [6.45, 7) is 3.30. The van der Waals surface area contributed by atoms with E-state index in [1.165, 1.54) is 0 Å². The molecule has 1 N–H and O–H groups in total. The minimum Gasteiger partial charge on any atom is -0.386 e. The molecule has 1 aliphatic carbocycles. The first kappa shape index (κ1) is 12.8. The van der Waals surface area contributed by atoms with E-state index in [-0.39, 0.29) is 11.6 Å². The molecule has 1 aliphatic rings. The summed E-state index contributed by atoms with van der Waals surface area (Å²) in [6, 6.07) is 11.8. The largest absolute Gasteiger partial charge is 0.386 e. The zero-order chi connectivity index (χ0) is 14.5. The van der Waals surface area contributed by atoms with Gasteiger partial charge in [-0.05, 0) is 31.5 Å². The molecule has 0 saturated heterocycles. The monoisotopic (exact) mass is 266 g/mol. The van der Waals surface area contributed by atoms with E-state index in [1.54, 1.807) is 56.3 Å². The van der Waals surface area contributed by atoms with E-state index in [9.17, 15) is 14.7 Å². The van der Waals surface area contributed by atoms with Crippen LogP contribution in [0, 0.1) is 0 Å². The molecule has 0 atom stereocenters. The SMILES string of the molecule is CC(C)(O)c1ccc2c(c1)C(=O)c1ccccc1C2=O. The fraction of sp³-hybridized carbons (Fsp3) is 0.176. The lowest BCUT2D eigenvalue weighted by atomic mass is 9.82. The van der Waals surface area contributed by atoms with Crippen LogP contribution in [0.25, 0.3) is 0 Å². The highest BCUT2D eigenvalue weighted by Crippen LogP contribution is 2.30. The molecule has 0 fully saturated rings. The van der Waals surface area contributed by atoms with E-state index in [1.807, 2.05) is 0 Å². The van der Waals surface area contributed by atoms with E-state index in [4.69, 9.17) is 0 Å². The Hall–Kier alpha value is -2.26. The minimum absolute atomic E-state index is 0.141. The smallest absolute Gasteiger partial charge is 0.194 e. The third-order valence-corrected chi connectivity index (χ3v) is 3.63. The third-order valence-electron chi connectivity index (χ3n) is 3.63. The van der Waals surface area contributed by atoms with E-state index in [0.717, 1.165) is 0 Å². The van der Waals surface area contributed by atoms with Gasteiger partial charge in [0, 0.05) is 22.3 Å². The maximum Gasteiger partial charge on any atom is 0.194 e. The summed E-state index contributed by atoms with van der Waals surface area (Å²) < 4.78 is 0. The minimum atomic E-state index is -1.05. The summed E-state index contributed by atoms with van der Waals surface area (Å²) in [5.74, 6) is -0.307. The van der Waals surface area contributed by atoms with Crippen LogP contribution in [0.5, 0.6) is 0 Å². The van der Waals surface area contributed by atoms with Gasteiger partial charge in [-0.1, -0.05) is 30.3 Å². The molecule has 20 heavy (non-hydrogen) atoms. The summed E-state index contributed by atoms with van der Waals surface area (Å²) in [4.78, 5) is 24.9. The topological polar surface area (TPSA) is 54.4 Å². The maximum absolute atomic E-state index is 12.5. The summed E-state index contributed by atoms with van der Waals surface area (Å²) in [5.41, 5.74) is 1.22. The molecule has 0 unspecified atom stereocenters. The molecule has 0 radical (unpaired) electrons. The normalized spacial score (nSPS) is 13.9. The molecule has 0 bridgehead atoms. The lowest BCUT2D eigenvalue weighted by Crippen LogP contribution is -2.23. The van der Waals surface area contributed by atoms with Gasteiger partial charge in [0.05, 0.1) is 5.60 Å². The number of fused-ring (bicyclic) bond motifs is 2. The number of hydrogen-bond donors (Lipinski definition) is 1. The number of aliphatic hydroxyl groups is 1. The van der Waals surface area contributed by atoms with E-state index in [2.05, 4.69) is 0 Å². The van der Waals surface area contributed by atoms with Gasteiger partial charge in [0.1, 0.15) is 0 Å². The van der Waals surface area contributed by atoms with Crippen LogP contribution in [0.4, 0.5) is 0 Å². The van der Waals surface area contributed by atoms with Gasteiger partial charge in [-0.15, -0.1) is 0 Å². The number of ketones is 2. The Bertz CT molecular complexity index is 736. The highest BCUT2D eigenvalue weighted by molar-refractivity contribution is 6.28. The fourth-order valence-electron chi connectivity index (χ4n) is 2.48. The molecule has 0 aliphatic heterocycles. The van der Waals surface area contributed by atoms with Crippen molar-refractivity contribution in [3.8, 4) is 0 Å². The fourth-order valence-corrected chi connectivity index (χ4v) is 2.48. The molecule has 0 saturated carbocycles. The number of benzene rings is 2. The Morgan fingerprint density at radius 2 is 1.30 bits per heavy atom. The Morgan fingerprint density at radius 1 is 0.800 bits per heavy atom. The predicted molar refractivity (Wildman–Crippen MR) is 75.0 cm³/mol. The van der Waals surface area contributed by atoms with Gasteiger partial charge in [-0.3, -0.25) is 9.59 Å². The van der Waals surface area contributed by atoms with Crippen LogP contribution in [0.15, 0.2) is 42.5 Å². The van der Waals surface area contributed by atoms with Gasteiger partial charge in [0.25, 0.3) is 0 Å². The second-order valence-corrected chi connectivity index (χ2v) is 5.52. The molecule has 0 aromatic heterocycles. The van der Waals surface area contributed by atoms with Gasteiger partial charge < -0.3 is 5.11 Å².